The van der Waals surface area contributed by atoms with E-state index in [1.54, 1.807) is 24.5 Å². The molecule has 0 aliphatic carbocycles. The molecule has 2 heterocycles. The molecule has 5 nitrogen and oxygen atoms in total. The summed E-state index contributed by atoms with van der Waals surface area (Å²) in [7, 11) is 0. The molecule has 0 aliphatic heterocycles. The fourth-order valence-electron chi connectivity index (χ4n) is 1.23. The zero-order chi connectivity index (χ0) is 10.7. The molecule has 0 radical (unpaired) electrons. The SMILES string of the molecule is Cc1cccnc1C(=O)Nc1ccn[nH]1. The quantitative estimate of drug-likeness (QED) is 0.772. The van der Waals surface area contributed by atoms with Crippen molar-refractivity contribution in [3.05, 3.63) is 41.9 Å². The molecule has 2 rings (SSSR count). The zero-order valence-electron chi connectivity index (χ0n) is 8.19. The molecular formula is C10H10N4O. The average molecular weight is 202 g/mol. The van der Waals surface area contributed by atoms with Crippen LogP contribution in [0.1, 0.15) is 16.1 Å². The topological polar surface area (TPSA) is 70.7 Å². The number of hydrogen-bond acceptors (Lipinski definition) is 3. The van der Waals surface area contributed by atoms with Crippen molar-refractivity contribution in [2.45, 2.75) is 6.92 Å². The predicted octanol–water partition coefficient (Wildman–Crippen LogP) is 1.37. The number of nitrogens with one attached hydrogen (secondary N) is 2. The molecule has 0 spiro atoms. The maximum Gasteiger partial charge on any atom is 0.275 e. The summed E-state index contributed by atoms with van der Waals surface area (Å²) in [5.74, 6) is 0.322. The lowest BCUT2D eigenvalue weighted by Gasteiger charge is -2.03. The first kappa shape index (κ1) is 9.39. The zero-order valence-corrected chi connectivity index (χ0v) is 8.19. The summed E-state index contributed by atoms with van der Waals surface area (Å²) in [5.41, 5.74) is 1.27. The number of nitrogens with zero attached hydrogens (tertiary/aromatic N) is 2. The van der Waals surface area contributed by atoms with Gasteiger partial charge < -0.3 is 5.32 Å². The van der Waals surface area contributed by atoms with Crippen LogP contribution in [0.3, 0.4) is 0 Å². The van der Waals surface area contributed by atoms with E-state index in [1.807, 2.05) is 13.0 Å². The van der Waals surface area contributed by atoms with Gasteiger partial charge in [-0.1, -0.05) is 6.07 Å². The Balaban J connectivity index is 2.19. The van der Waals surface area contributed by atoms with Gasteiger partial charge in [-0.2, -0.15) is 5.10 Å². The van der Waals surface area contributed by atoms with Gasteiger partial charge in [-0.3, -0.25) is 14.9 Å². The third-order valence-electron chi connectivity index (χ3n) is 1.97. The molecule has 2 N–H and O–H groups in total. The molecule has 0 unspecified atom stereocenters. The van der Waals surface area contributed by atoms with E-state index < -0.39 is 0 Å². The molecule has 2 aromatic rings. The van der Waals surface area contributed by atoms with E-state index in [-0.39, 0.29) is 5.91 Å². The number of rotatable bonds is 2. The van der Waals surface area contributed by atoms with E-state index in [4.69, 9.17) is 0 Å². The van der Waals surface area contributed by atoms with Gasteiger partial charge in [-0.25, -0.2) is 0 Å². The minimum Gasteiger partial charge on any atom is -0.306 e. The van der Waals surface area contributed by atoms with Crippen molar-refractivity contribution >= 4 is 11.7 Å². The van der Waals surface area contributed by atoms with E-state index in [1.165, 1.54) is 0 Å². The number of aryl methyl sites for hydroxylation is 1. The van der Waals surface area contributed by atoms with Crippen LogP contribution < -0.4 is 5.32 Å². The third-order valence-corrected chi connectivity index (χ3v) is 1.97. The summed E-state index contributed by atoms with van der Waals surface area (Å²) in [4.78, 5) is 15.7. The van der Waals surface area contributed by atoms with Crippen LogP contribution >= 0.6 is 0 Å². The first-order chi connectivity index (χ1) is 7.27. The molecule has 0 atom stereocenters. The van der Waals surface area contributed by atoms with Crippen LogP contribution in [0.4, 0.5) is 5.82 Å². The number of aromatic nitrogens is 3. The predicted molar refractivity (Wildman–Crippen MR) is 55.5 cm³/mol. The van der Waals surface area contributed by atoms with Crippen molar-refractivity contribution in [3.8, 4) is 0 Å². The normalized spacial score (nSPS) is 9.93. The second kappa shape index (κ2) is 3.91. The summed E-state index contributed by atoms with van der Waals surface area (Å²) in [6.45, 7) is 1.84. The Morgan fingerprint density at radius 2 is 2.27 bits per heavy atom. The first-order valence-corrected chi connectivity index (χ1v) is 4.50. The van der Waals surface area contributed by atoms with Crippen molar-refractivity contribution in [2.24, 2.45) is 0 Å². The maximum absolute atomic E-state index is 11.7. The minimum absolute atomic E-state index is 0.239. The summed E-state index contributed by atoms with van der Waals surface area (Å²) in [6, 6.07) is 5.31. The lowest BCUT2D eigenvalue weighted by Crippen LogP contribution is -2.15. The van der Waals surface area contributed by atoms with E-state index in [0.717, 1.165) is 5.56 Å². The van der Waals surface area contributed by atoms with Crippen LogP contribution in [0.5, 0.6) is 0 Å². The third kappa shape index (κ3) is 2.01. The largest absolute Gasteiger partial charge is 0.306 e. The Kier molecular flexibility index (Phi) is 2.45. The molecule has 0 saturated heterocycles. The Labute approximate surface area is 86.5 Å². The summed E-state index contributed by atoms with van der Waals surface area (Å²) >= 11 is 0. The number of hydrogen-bond donors (Lipinski definition) is 2. The number of aromatic amines is 1. The van der Waals surface area contributed by atoms with Gasteiger partial charge in [-0.15, -0.1) is 0 Å². The van der Waals surface area contributed by atoms with Crippen LogP contribution in [-0.2, 0) is 0 Å². The van der Waals surface area contributed by atoms with Gasteiger partial charge in [0.2, 0.25) is 0 Å². The molecule has 76 valence electrons. The number of amides is 1. The highest BCUT2D eigenvalue weighted by molar-refractivity contribution is 6.03. The molecule has 0 bridgehead atoms. The first-order valence-electron chi connectivity index (χ1n) is 4.50. The van der Waals surface area contributed by atoms with Crippen molar-refractivity contribution in [2.75, 3.05) is 5.32 Å². The number of pyridine rings is 1. The number of H-pyrrole nitrogens is 1. The Morgan fingerprint density at radius 3 is 2.93 bits per heavy atom. The fourth-order valence-corrected chi connectivity index (χ4v) is 1.23. The van der Waals surface area contributed by atoms with Gasteiger partial charge in [0, 0.05) is 12.3 Å². The molecule has 15 heavy (non-hydrogen) atoms. The van der Waals surface area contributed by atoms with Crippen molar-refractivity contribution in [1.82, 2.24) is 15.2 Å². The fraction of sp³-hybridized carbons (Fsp3) is 0.100. The number of carbonyl (C=O) groups excluding carboxylic acids is 1. The monoisotopic (exact) mass is 202 g/mol. The van der Waals surface area contributed by atoms with E-state index >= 15 is 0 Å². The minimum atomic E-state index is -0.239. The lowest BCUT2D eigenvalue weighted by molar-refractivity contribution is 0.102. The van der Waals surface area contributed by atoms with Gasteiger partial charge in [0.25, 0.3) is 5.91 Å². The van der Waals surface area contributed by atoms with Crippen molar-refractivity contribution in [1.29, 1.82) is 0 Å². The summed E-state index contributed by atoms with van der Waals surface area (Å²) in [5, 5.41) is 9.04. The van der Waals surface area contributed by atoms with E-state index in [9.17, 15) is 4.79 Å². The second-order valence-corrected chi connectivity index (χ2v) is 3.09. The van der Waals surface area contributed by atoms with E-state index in [0.29, 0.717) is 11.5 Å². The molecule has 1 amide bonds. The highest BCUT2D eigenvalue weighted by atomic mass is 16.1. The molecule has 0 aliphatic rings. The molecule has 0 saturated carbocycles. The van der Waals surface area contributed by atoms with Crippen LogP contribution in [0, 0.1) is 6.92 Å². The van der Waals surface area contributed by atoms with Crippen LogP contribution in [0.15, 0.2) is 30.6 Å². The summed E-state index contributed by atoms with van der Waals surface area (Å²) in [6.07, 6.45) is 3.16. The molecular weight excluding hydrogens is 192 g/mol. The molecule has 2 aromatic heterocycles. The highest BCUT2D eigenvalue weighted by Gasteiger charge is 2.10. The molecule has 0 aromatic carbocycles. The Hall–Kier alpha value is -2.17. The maximum atomic E-state index is 11.7. The van der Waals surface area contributed by atoms with Crippen molar-refractivity contribution in [3.63, 3.8) is 0 Å². The smallest absolute Gasteiger partial charge is 0.275 e. The van der Waals surface area contributed by atoms with E-state index in [2.05, 4.69) is 20.5 Å². The Morgan fingerprint density at radius 1 is 1.40 bits per heavy atom. The Bertz CT molecular complexity index is 464. The number of carbonyl (C=O) groups is 1. The summed E-state index contributed by atoms with van der Waals surface area (Å²) < 4.78 is 0. The molecule has 5 heteroatoms. The van der Waals surface area contributed by atoms with Gasteiger partial charge in [0.1, 0.15) is 11.5 Å². The van der Waals surface area contributed by atoms with Gasteiger partial charge in [0.05, 0.1) is 6.20 Å². The van der Waals surface area contributed by atoms with Crippen molar-refractivity contribution < 1.29 is 4.79 Å². The van der Waals surface area contributed by atoms with Gasteiger partial charge in [-0.05, 0) is 18.6 Å². The van der Waals surface area contributed by atoms with Crippen LogP contribution in [0.2, 0.25) is 0 Å². The standard InChI is InChI=1S/C10H10N4O/c1-7-3-2-5-11-9(7)10(15)13-8-4-6-12-14-8/h2-6H,1H3,(H2,12,13,14,15). The average Bonchev–Trinajstić information content (AvgIpc) is 2.71. The van der Waals surface area contributed by atoms with Crippen LogP contribution in [0.25, 0.3) is 0 Å². The van der Waals surface area contributed by atoms with Gasteiger partial charge in [0.15, 0.2) is 0 Å². The molecule has 0 fully saturated rings. The highest BCUT2D eigenvalue weighted by Crippen LogP contribution is 2.06. The van der Waals surface area contributed by atoms with Crippen LogP contribution in [-0.4, -0.2) is 21.1 Å². The lowest BCUT2D eigenvalue weighted by atomic mass is 10.2. The second-order valence-electron chi connectivity index (χ2n) is 3.09. The number of anilines is 1. The van der Waals surface area contributed by atoms with Gasteiger partial charge >= 0.3 is 0 Å².